The van der Waals surface area contributed by atoms with Crippen LogP contribution < -0.4 is 0 Å². The van der Waals surface area contributed by atoms with Crippen molar-refractivity contribution in [2.75, 3.05) is 26.4 Å². The Bertz CT molecular complexity index is 667. The minimum Gasteiger partial charge on any atom is -0.392 e. The summed E-state index contributed by atoms with van der Waals surface area (Å²) in [5.41, 5.74) is 5.64. The van der Waals surface area contributed by atoms with E-state index < -0.39 is 17.1 Å². The van der Waals surface area contributed by atoms with Gasteiger partial charge in [0, 0.05) is 26.4 Å². The fraction of sp³-hybridized carbons (Fsp3) is 0.857. The fourth-order valence-electron chi connectivity index (χ4n) is 9.52. The smallest absolute Gasteiger partial charge is 0.361 e. The highest BCUT2D eigenvalue weighted by Gasteiger charge is 2.69. The van der Waals surface area contributed by atoms with Gasteiger partial charge in [0.1, 0.15) is 0 Å². The predicted molar refractivity (Wildman–Crippen MR) is 142 cm³/mol. The van der Waals surface area contributed by atoms with E-state index in [2.05, 4.69) is 64.3 Å². The van der Waals surface area contributed by atoms with Crippen LogP contribution >= 0.6 is 0 Å². The molecule has 0 radical (unpaired) electrons. The predicted octanol–water partition coefficient (Wildman–Crippen LogP) is 6.55. The van der Waals surface area contributed by atoms with Gasteiger partial charge in [0.25, 0.3) is 0 Å². The summed E-state index contributed by atoms with van der Waals surface area (Å²) in [5.74, 6) is 5.64. The van der Waals surface area contributed by atoms with Crippen LogP contribution in [0.4, 0.5) is 0 Å². The first-order valence-corrected chi connectivity index (χ1v) is 19.0. The van der Waals surface area contributed by atoms with Crippen molar-refractivity contribution in [3.05, 3.63) is 23.6 Å². The average molecular weight is 505 g/mol. The van der Waals surface area contributed by atoms with E-state index in [-0.39, 0.29) is 0 Å². The molecule has 0 heterocycles. The first kappa shape index (κ1) is 25.4. The lowest BCUT2D eigenvalue weighted by atomic mass is 9.30. The molecular formula is C28H48O4Si2. The Balaban J connectivity index is 1.34. The lowest BCUT2D eigenvalue weighted by molar-refractivity contribution is -0.237. The molecule has 7 aliphatic rings. The van der Waals surface area contributed by atoms with Gasteiger partial charge in [-0.3, -0.25) is 0 Å². The van der Waals surface area contributed by atoms with E-state index in [1.807, 2.05) is 0 Å². The van der Waals surface area contributed by atoms with Gasteiger partial charge < -0.3 is 17.7 Å². The highest BCUT2D eigenvalue weighted by atomic mass is 28.4. The van der Waals surface area contributed by atoms with E-state index in [1.165, 1.54) is 38.5 Å². The monoisotopic (exact) mass is 504 g/mol. The van der Waals surface area contributed by atoms with Crippen molar-refractivity contribution < 1.29 is 17.7 Å². The third kappa shape index (κ3) is 4.28. The van der Waals surface area contributed by atoms with E-state index in [9.17, 15) is 0 Å². The van der Waals surface area contributed by atoms with Gasteiger partial charge in [-0.05, 0) is 137 Å². The van der Waals surface area contributed by atoms with Crippen LogP contribution in [0.25, 0.3) is 0 Å². The molecule has 0 aromatic rings. The van der Waals surface area contributed by atoms with Crippen molar-refractivity contribution in [2.24, 2.45) is 46.3 Å². The molecule has 6 heteroatoms. The molecule has 0 unspecified atom stereocenters. The first-order valence-electron chi connectivity index (χ1n) is 14.2. The van der Waals surface area contributed by atoms with E-state index in [0.717, 1.165) is 61.9 Å². The summed E-state index contributed by atoms with van der Waals surface area (Å²) >= 11 is 0. The van der Waals surface area contributed by atoms with Gasteiger partial charge in [0.15, 0.2) is 0 Å². The number of hydrogen-bond acceptors (Lipinski definition) is 4. The number of hydrogen-bond donors (Lipinski definition) is 0. The molecule has 7 fully saturated rings. The summed E-state index contributed by atoms with van der Waals surface area (Å²) in [7, 11) is -4.40. The molecule has 7 saturated carbocycles. The Hall–Kier alpha value is -0.246. The molecule has 0 aliphatic heterocycles. The van der Waals surface area contributed by atoms with Crippen LogP contribution in [0.3, 0.4) is 0 Å². The maximum Gasteiger partial charge on any atom is 0.361 e. The molecule has 0 spiro atoms. The van der Waals surface area contributed by atoms with Crippen molar-refractivity contribution in [3.8, 4) is 0 Å². The zero-order valence-electron chi connectivity index (χ0n) is 22.5. The molecule has 192 valence electrons. The third-order valence-electron chi connectivity index (χ3n) is 10.4. The molecule has 0 N–H and O–H groups in total. The molecule has 0 amide bonds. The van der Waals surface area contributed by atoms with Gasteiger partial charge in [-0.15, -0.1) is 0 Å². The summed E-state index contributed by atoms with van der Waals surface area (Å²) in [6, 6.07) is 0. The normalized spacial score (nSPS) is 42.6. The van der Waals surface area contributed by atoms with Crippen molar-refractivity contribution in [1.82, 2.24) is 0 Å². The van der Waals surface area contributed by atoms with Crippen molar-refractivity contribution in [2.45, 2.75) is 79.3 Å². The Morgan fingerprint density at radius 2 is 0.765 bits per heavy atom. The minimum absolute atomic E-state index is 0.411. The van der Waals surface area contributed by atoms with Crippen LogP contribution in [0.1, 0.15) is 66.2 Å². The van der Waals surface area contributed by atoms with Gasteiger partial charge in [-0.2, -0.15) is 0 Å². The molecule has 8 bridgehead atoms. The molecule has 0 saturated heterocycles. The Morgan fingerprint density at radius 1 is 0.529 bits per heavy atom. The zero-order valence-corrected chi connectivity index (χ0v) is 24.5. The molecular weight excluding hydrogens is 456 g/mol. The Morgan fingerprint density at radius 3 is 0.971 bits per heavy atom. The first-order chi connectivity index (χ1) is 16.2. The standard InChI is InChI=1S/C28H48O4Si2/c1-7-29-33(5,30-8-2)13-11-27-15-21-24-18-28(12-14-34(6,31-9-3)32-10-4)19-25(21)23(17-27)26(20-28)22(24)16-27/h11-14,21-26H,7-10,15-20H2,1-6H3/b13-11+,14-12?. The maximum atomic E-state index is 6.14. The topological polar surface area (TPSA) is 36.9 Å². The lowest BCUT2D eigenvalue weighted by Gasteiger charge is -2.74. The van der Waals surface area contributed by atoms with Gasteiger partial charge in [0.05, 0.1) is 0 Å². The van der Waals surface area contributed by atoms with Crippen molar-refractivity contribution >= 4 is 17.1 Å². The van der Waals surface area contributed by atoms with E-state index >= 15 is 0 Å². The summed E-state index contributed by atoms with van der Waals surface area (Å²) < 4.78 is 24.6. The van der Waals surface area contributed by atoms with Gasteiger partial charge in [-0.25, -0.2) is 0 Å². The molecule has 34 heavy (non-hydrogen) atoms. The van der Waals surface area contributed by atoms with Crippen LogP contribution in [0.15, 0.2) is 23.6 Å². The summed E-state index contributed by atoms with van der Waals surface area (Å²) in [4.78, 5) is 0. The van der Waals surface area contributed by atoms with Crippen LogP contribution in [0.2, 0.25) is 13.1 Å². The van der Waals surface area contributed by atoms with Gasteiger partial charge >= 0.3 is 17.1 Å². The molecule has 0 aromatic heterocycles. The van der Waals surface area contributed by atoms with E-state index in [4.69, 9.17) is 17.7 Å². The number of rotatable bonds is 12. The second-order valence-electron chi connectivity index (χ2n) is 12.4. The summed E-state index contributed by atoms with van der Waals surface area (Å²) in [6.45, 7) is 15.8. The average Bonchev–Trinajstić information content (AvgIpc) is 2.80. The summed E-state index contributed by atoms with van der Waals surface area (Å²) in [6.07, 6.45) is 13.7. The second kappa shape index (κ2) is 9.25. The van der Waals surface area contributed by atoms with Crippen LogP contribution in [-0.4, -0.2) is 43.5 Å². The lowest BCUT2D eigenvalue weighted by Crippen LogP contribution is -2.67. The Kier molecular flexibility index (Phi) is 6.91. The minimum atomic E-state index is -2.20. The Labute approximate surface area is 210 Å². The highest BCUT2D eigenvalue weighted by Crippen LogP contribution is 2.77. The molecule has 7 aliphatic carbocycles. The quantitative estimate of drug-likeness (QED) is 0.283. The molecule has 4 nitrogen and oxygen atoms in total. The molecule has 0 aromatic carbocycles. The van der Waals surface area contributed by atoms with Crippen LogP contribution in [0, 0.1) is 46.3 Å². The SMILES string of the molecule is CCO[Si](C)(C=CC12CC3C4CC5(/C=C/[Si](C)(OCC)OCC)CC3C(C1)C(C5)C4C2)OCC. The second-order valence-corrected chi connectivity index (χ2v) is 18.2. The third-order valence-corrected chi connectivity index (χ3v) is 15.3. The van der Waals surface area contributed by atoms with Crippen LogP contribution in [0.5, 0.6) is 0 Å². The number of allylic oxidation sites excluding steroid dienone is 2. The van der Waals surface area contributed by atoms with Crippen molar-refractivity contribution in [1.29, 1.82) is 0 Å². The van der Waals surface area contributed by atoms with Crippen LogP contribution in [-0.2, 0) is 17.7 Å². The molecule has 7 rings (SSSR count). The van der Waals surface area contributed by atoms with E-state index in [0.29, 0.717) is 10.8 Å². The van der Waals surface area contributed by atoms with Gasteiger partial charge in [-0.1, -0.05) is 12.2 Å². The maximum absolute atomic E-state index is 6.14. The summed E-state index contributed by atoms with van der Waals surface area (Å²) in [5, 5.41) is 0. The zero-order chi connectivity index (χ0) is 24.2. The van der Waals surface area contributed by atoms with Gasteiger partial charge in [0.2, 0.25) is 0 Å². The van der Waals surface area contributed by atoms with Crippen molar-refractivity contribution in [3.63, 3.8) is 0 Å². The largest absolute Gasteiger partial charge is 0.392 e. The highest BCUT2D eigenvalue weighted by molar-refractivity contribution is 6.71. The fourth-order valence-corrected chi connectivity index (χ4v) is 13.7. The van der Waals surface area contributed by atoms with E-state index in [1.54, 1.807) is 0 Å². The molecule has 0 atom stereocenters.